The van der Waals surface area contributed by atoms with Gasteiger partial charge in [0.2, 0.25) is 0 Å². The van der Waals surface area contributed by atoms with Crippen LogP contribution in [-0.2, 0) is 22.6 Å². The number of carbonyl (C=O) groups excluding carboxylic acids is 2. The number of methoxy groups -OCH3 is 2. The standard InChI is InChI=1S/C46H78N4O6/c1-45(2,3)55-43(51)47-31-21-11-15-25-35-49(37-39-27-17-19-29-41(39)53-7)33-23-13-9-10-14-24-34-50(38-40-28-18-20-30-42(40)54-8)36-26-16-12-22-32-48-44(52)56-46(4,5)6/h17-20,27-30H,9-16,21-26,31-38H2,1-8H3,(H,47,51)(H,48,52). The summed E-state index contributed by atoms with van der Waals surface area (Å²) in [6.45, 7) is 18.7. The first-order valence-corrected chi connectivity index (χ1v) is 21.4. The third kappa shape index (κ3) is 24.2. The molecule has 2 amide bonds. The minimum absolute atomic E-state index is 0.336. The second-order valence-corrected chi connectivity index (χ2v) is 17.0. The summed E-state index contributed by atoms with van der Waals surface area (Å²) in [7, 11) is 3.51. The SMILES string of the molecule is COc1ccccc1CN(CCCCCCCCN(CCCCCCNC(=O)OC(C)(C)C)Cc1ccccc1OC)CCCCCCNC(=O)OC(C)(C)C. The number of amides is 2. The second-order valence-electron chi connectivity index (χ2n) is 17.0. The molecule has 56 heavy (non-hydrogen) atoms. The third-order valence-corrected chi connectivity index (χ3v) is 9.51. The molecule has 0 aliphatic carbocycles. The molecule has 0 fully saturated rings. The molecule has 2 rings (SSSR count). The molecule has 0 heterocycles. The minimum atomic E-state index is -0.469. The largest absolute Gasteiger partial charge is 0.496 e. The van der Waals surface area contributed by atoms with Crippen LogP contribution in [0.4, 0.5) is 9.59 Å². The predicted octanol–water partition coefficient (Wildman–Crippen LogP) is 10.5. The predicted molar refractivity (Wildman–Crippen MR) is 230 cm³/mol. The number of nitrogens with zero attached hydrogens (tertiary/aromatic N) is 2. The van der Waals surface area contributed by atoms with Crippen LogP contribution >= 0.6 is 0 Å². The molecule has 0 saturated heterocycles. The van der Waals surface area contributed by atoms with Crippen molar-refractivity contribution in [3.8, 4) is 11.5 Å². The second kappa shape index (κ2) is 28.0. The van der Waals surface area contributed by atoms with Crippen molar-refractivity contribution in [3.63, 3.8) is 0 Å². The fraction of sp³-hybridized carbons (Fsp3) is 0.696. The molecule has 2 N–H and O–H groups in total. The van der Waals surface area contributed by atoms with Gasteiger partial charge in [0.15, 0.2) is 0 Å². The maximum absolute atomic E-state index is 11.9. The van der Waals surface area contributed by atoms with Crippen LogP contribution in [0.2, 0.25) is 0 Å². The van der Waals surface area contributed by atoms with E-state index in [2.05, 4.69) is 56.8 Å². The van der Waals surface area contributed by atoms with Crippen LogP contribution in [0.25, 0.3) is 0 Å². The number of unbranched alkanes of at least 4 members (excludes halogenated alkanes) is 11. The van der Waals surface area contributed by atoms with E-state index >= 15 is 0 Å². The lowest BCUT2D eigenvalue weighted by molar-refractivity contribution is 0.0515. The average molecular weight is 783 g/mol. The number of hydrogen-bond donors (Lipinski definition) is 2. The van der Waals surface area contributed by atoms with Gasteiger partial charge in [-0.1, -0.05) is 87.8 Å². The number of benzene rings is 2. The fourth-order valence-corrected chi connectivity index (χ4v) is 6.70. The summed E-state index contributed by atoms with van der Waals surface area (Å²) in [6, 6.07) is 16.7. The molecular weight excluding hydrogens is 705 g/mol. The van der Waals surface area contributed by atoms with Crippen molar-refractivity contribution in [1.82, 2.24) is 20.4 Å². The molecule has 2 aromatic rings. The van der Waals surface area contributed by atoms with Crippen molar-refractivity contribution < 1.29 is 28.5 Å². The first-order valence-electron chi connectivity index (χ1n) is 21.4. The highest BCUT2D eigenvalue weighted by molar-refractivity contribution is 5.67. The van der Waals surface area contributed by atoms with Gasteiger partial charge in [-0.3, -0.25) is 9.80 Å². The molecule has 2 aromatic carbocycles. The van der Waals surface area contributed by atoms with E-state index in [0.29, 0.717) is 13.1 Å². The zero-order valence-corrected chi connectivity index (χ0v) is 36.5. The van der Waals surface area contributed by atoms with Gasteiger partial charge in [0.25, 0.3) is 0 Å². The number of alkyl carbamates (subject to hydrolysis) is 2. The van der Waals surface area contributed by atoms with Crippen LogP contribution in [-0.4, -0.2) is 86.7 Å². The topological polar surface area (TPSA) is 102 Å². The van der Waals surface area contributed by atoms with E-state index in [1.54, 1.807) is 14.2 Å². The number of ether oxygens (including phenoxy) is 4. The van der Waals surface area contributed by atoms with Crippen LogP contribution in [0.15, 0.2) is 48.5 Å². The van der Waals surface area contributed by atoms with E-state index in [1.807, 2.05) is 53.7 Å². The smallest absolute Gasteiger partial charge is 0.407 e. The molecule has 10 nitrogen and oxygen atoms in total. The van der Waals surface area contributed by atoms with E-state index in [-0.39, 0.29) is 12.2 Å². The summed E-state index contributed by atoms with van der Waals surface area (Å²) in [5.74, 6) is 1.91. The van der Waals surface area contributed by atoms with Gasteiger partial charge in [-0.25, -0.2) is 9.59 Å². The van der Waals surface area contributed by atoms with E-state index in [4.69, 9.17) is 18.9 Å². The van der Waals surface area contributed by atoms with Crippen LogP contribution in [0.3, 0.4) is 0 Å². The Bertz CT molecular complexity index is 1240. The summed E-state index contributed by atoms with van der Waals surface area (Å²) in [5, 5.41) is 5.75. The number of carbonyl (C=O) groups is 2. The Kier molecular flexibility index (Phi) is 24.3. The molecule has 0 atom stereocenters. The van der Waals surface area contributed by atoms with E-state index in [0.717, 1.165) is 102 Å². The molecule has 0 spiro atoms. The highest BCUT2D eigenvalue weighted by atomic mass is 16.6. The number of rotatable bonds is 29. The lowest BCUT2D eigenvalue weighted by atomic mass is 10.1. The maximum Gasteiger partial charge on any atom is 0.407 e. The van der Waals surface area contributed by atoms with Gasteiger partial charge < -0.3 is 29.6 Å². The molecule has 318 valence electrons. The maximum atomic E-state index is 11.9. The lowest BCUT2D eigenvalue weighted by Crippen LogP contribution is -2.33. The van der Waals surface area contributed by atoms with E-state index in [9.17, 15) is 9.59 Å². The Labute approximate surface area is 340 Å². The molecular formula is C46H78N4O6. The first-order chi connectivity index (χ1) is 26.8. The van der Waals surface area contributed by atoms with Crippen LogP contribution in [0.1, 0.15) is 143 Å². The van der Waals surface area contributed by atoms with Gasteiger partial charge in [0.05, 0.1) is 14.2 Å². The molecule has 0 bridgehead atoms. The van der Waals surface area contributed by atoms with Crippen molar-refractivity contribution >= 4 is 12.2 Å². The first kappa shape index (κ1) is 48.6. The summed E-state index contributed by atoms with van der Waals surface area (Å²) in [6.07, 6.45) is 15.4. The quantitative estimate of drug-likeness (QED) is 0.0787. The molecule has 0 unspecified atom stereocenters. The Morgan fingerprint density at radius 1 is 0.482 bits per heavy atom. The lowest BCUT2D eigenvalue weighted by Gasteiger charge is -2.24. The normalized spacial score (nSPS) is 11.8. The Morgan fingerprint density at radius 3 is 1.11 bits per heavy atom. The van der Waals surface area contributed by atoms with E-state index < -0.39 is 11.2 Å². The molecule has 0 aliphatic rings. The van der Waals surface area contributed by atoms with Gasteiger partial charge in [0.1, 0.15) is 22.7 Å². The van der Waals surface area contributed by atoms with Gasteiger partial charge in [-0.05, 0) is 118 Å². The van der Waals surface area contributed by atoms with Crippen molar-refractivity contribution in [1.29, 1.82) is 0 Å². The monoisotopic (exact) mass is 783 g/mol. The molecule has 0 saturated carbocycles. The third-order valence-electron chi connectivity index (χ3n) is 9.51. The summed E-state index contributed by atoms with van der Waals surface area (Å²) in [4.78, 5) is 29.0. The van der Waals surface area contributed by atoms with Gasteiger partial charge in [0, 0.05) is 37.3 Å². The van der Waals surface area contributed by atoms with E-state index in [1.165, 1.54) is 49.7 Å². The minimum Gasteiger partial charge on any atom is -0.496 e. The Balaban J connectivity index is 1.73. The average Bonchev–Trinajstić information content (AvgIpc) is 3.13. The van der Waals surface area contributed by atoms with Crippen molar-refractivity contribution in [3.05, 3.63) is 59.7 Å². The zero-order chi connectivity index (χ0) is 41.1. The van der Waals surface area contributed by atoms with Crippen molar-refractivity contribution in [2.24, 2.45) is 0 Å². The van der Waals surface area contributed by atoms with Gasteiger partial charge >= 0.3 is 12.2 Å². The van der Waals surface area contributed by atoms with Crippen molar-refractivity contribution in [2.45, 2.75) is 156 Å². The van der Waals surface area contributed by atoms with Crippen LogP contribution < -0.4 is 20.1 Å². The summed E-state index contributed by atoms with van der Waals surface area (Å²) < 4.78 is 22.0. The van der Waals surface area contributed by atoms with Crippen molar-refractivity contribution in [2.75, 3.05) is 53.5 Å². The Morgan fingerprint density at radius 2 is 0.786 bits per heavy atom. The Hall–Kier alpha value is -3.50. The summed E-state index contributed by atoms with van der Waals surface area (Å²) in [5.41, 5.74) is 1.54. The number of para-hydroxylation sites is 2. The number of nitrogens with one attached hydrogen (secondary N) is 2. The fourth-order valence-electron chi connectivity index (χ4n) is 6.70. The molecule has 0 radical (unpaired) electrons. The van der Waals surface area contributed by atoms with Crippen LogP contribution in [0, 0.1) is 0 Å². The summed E-state index contributed by atoms with van der Waals surface area (Å²) >= 11 is 0. The van der Waals surface area contributed by atoms with Gasteiger partial charge in [-0.2, -0.15) is 0 Å². The molecule has 0 aliphatic heterocycles. The highest BCUT2D eigenvalue weighted by Gasteiger charge is 2.17. The van der Waals surface area contributed by atoms with Crippen LogP contribution in [0.5, 0.6) is 11.5 Å². The molecule has 10 heteroatoms. The molecule has 0 aromatic heterocycles. The highest BCUT2D eigenvalue weighted by Crippen LogP contribution is 2.22. The van der Waals surface area contributed by atoms with Gasteiger partial charge in [-0.15, -0.1) is 0 Å². The number of hydrogen-bond acceptors (Lipinski definition) is 8. The zero-order valence-electron chi connectivity index (χ0n) is 36.5.